The van der Waals surface area contributed by atoms with Gasteiger partial charge in [0.25, 0.3) is 0 Å². The molecule has 0 unspecified atom stereocenters. The van der Waals surface area contributed by atoms with Gasteiger partial charge in [0.15, 0.2) is 0 Å². The van der Waals surface area contributed by atoms with Gasteiger partial charge < -0.3 is 11.5 Å². The standard InChI is InChI=1S/C11H11F3N2O/c12-11(13,14)8-4-2-5-9(15)7(8)3-1-6-10(16)17/h1-5H,6,15H2,(H2,16,17). The van der Waals surface area contributed by atoms with Crippen molar-refractivity contribution in [2.24, 2.45) is 5.73 Å². The van der Waals surface area contributed by atoms with E-state index < -0.39 is 17.6 Å². The minimum absolute atomic E-state index is 0.000505. The van der Waals surface area contributed by atoms with Crippen LogP contribution in [0.1, 0.15) is 17.5 Å². The molecule has 1 aromatic rings. The molecule has 1 amide bonds. The fourth-order valence-corrected chi connectivity index (χ4v) is 1.31. The maximum Gasteiger partial charge on any atom is 0.417 e. The highest BCUT2D eigenvalue weighted by Crippen LogP contribution is 2.34. The molecule has 0 heterocycles. The van der Waals surface area contributed by atoms with Crippen LogP contribution >= 0.6 is 0 Å². The lowest BCUT2D eigenvalue weighted by Crippen LogP contribution is -2.10. The predicted octanol–water partition coefficient (Wildman–Crippen LogP) is 2.18. The lowest BCUT2D eigenvalue weighted by molar-refractivity contribution is -0.137. The third-order valence-electron chi connectivity index (χ3n) is 2.05. The average Bonchev–Trinajstić information content (AvgIpc) is 2.18. The molecule has 0 saturated carbocycles. The molecule has 0 aromatic heterocycles. The zero-order valence-corrected chi connectivity index (χ0v) is 8.79. The van der Waals surface area contributed by atoms with Gasteiger partial charge in [0.1, 0.15) is 0 Å². The van der Waals surface area contributed by atoms with Crippen molar-refractivity contribution in [1.29, 1.82) is 0 Å². The second kappa shape index (κ2) is 4.90. The van der Waals surface area contributed by atoms with Crippen molar-refractivity contribution < 1.29 is 18.0 Å². The van der Waals surface area contributed by atoms with Crippen LogP contribution in [0.5, 0.6) is 0 Å². The number of benzene rings is 1. The number of hydrogen-bond acceptors (Lipinski definition) is 2. The molecule has 1 rings (SSSR count). The summed E-state index contributed by atoms with van der Waals surface area (Å²) in [6, 6.07) is 3.52. The molecule has 17 heavy (non-hydrogen) atoms. The van der Waals surface area contributed by atoms with E-state index in [0.717, 1.165) is 12.1 Å². The number of carbonyl (C=O) groups is 1. The number of alkyl halides is 3. The summed E-state index contributed by atoms with van der Waals surface area (Å²) in [5, 5.41) is 0. The minimum Gasteiger partial charge on any atom is -0.398 e. The zero-order valence-electron chi connectivity index (χ0n) is 8.79. The first-order valence-electron chi connectivity index (χ1n) is 4.73. The number of nitrogen functional groups attached to an aromatic ring is 1. The molecule has 4 N–H and O–H groups in total. The highest BCUT2D eigenvalue weighted by atomic mass is 19.4. The summed E-state index contributed by atoms with van der Waals surface area (Å²) < 4.78 is 37.9. The summed E-state index contributed by atoms with van der Waals surface area (Å²) >= 11 is 0. The number of amides is 1. The van der Waals surface area contributed by atoms with Crippen LogP contribution in [-0.2, 0) is 11.0 Å². The first-order chi connectivity index (χ1) is 7.82. The quantitative estimate of drug-likeness (QED) is 0.800. The van der Waals surface area contributed by atoms with Crippen LogP contribution in [0.2, 0.25) is 0 Å². The number of halogens is 3. The van der Waals surface area contributed by atoms with Gasteiger partial charge in [0.2, 0.25) is 5.91 Å². The number of anilines is 1. The van der Waals surface area contributed by atoms with Gasteiger partial charge in [0, 0.05) is 17.7 Å². The second-order valence-corrected chi connectivity index (χ2v) is 3.38. The van der Waals surface area contributed by atoms with Crippen LogP contribution in [0.4, 0.5) is 18.9 Å². The maximum atomic E-state index is 12.6. The molecular weight excluding hydrogens is 233 g/mol. The van der Waals surface area contributed by atoms with Gasteiger partial charge in [-0.15, -0.1) is 0 Å². The molecule has 0 spiro atoms. The van der Waals surface area contributed by atoms with Crippen molar-refractivity contribution in [2.75, 3.05) is 5.73 Å². The normalized spacial score (nSPS) is 11.9. The first kappa shape index (κ1) is 13.1. The van der Waals surface area contributed by atoms with Gasteiger partial charge in [-0.05, 0) is 12.1 Å². The molecule has 92 valence electrons. The van der Waals surface area contributed by atoms with E-state index in [4.69, 9.17) is 11.5 Å². The van der Waals surface area contributed by atoms with E-state index in [-0.39, 0.29) is 17.7 Å². The molecule has 3 nitrogen and oxygen atoms in total. The monoisotopic (exact) mass is 244 g/mol. The number of hydrogen-bond donors (Lipinski definition) is 2. The van der Waals surface area contributed by atoms with Crippen LogP contribution < -0.4 is 11.5 Å². The topological polar surface area (TPSA) is 69.1 Å². The lowest BCUT2D eigenvalue weighted by Gasteiger charge is -2.11. The maximum absolute atomic E-state index is 12.6. The minimum atomic E-state index is -4.48. The van der Waals surface area contributed by atoms with Crippen molar-refractivity contribution in [3.8, 4) is 0 Å². The van der Waals surface area contributed by atoms with Crippen molar-refractivity contribution in [2.45, 2.75) is 12.6 Å². The van der Waals surface area contributed by atoms with E-state index in [1.165, 1.54) is 18.2 Å². The molecule has 0 atom stereocenters. The van der Waals surface area contributed by atoms with E-state index in [9.17, 15) is 18.0 Å². The zero-order chi connectivity index (χ0) is 13.1. The first-order valence-corrected chi connectivity index (χ1v) is 4.73. The average molecular weight is 244 g/mol. The molecule has 6 heteroatoms. The van der Waals surface area contributed by atoms with E-state index in [0.29, 0.717) is 0 Å². The Balaban J connectivity index is 3.13. The Morgan fingerprint density at radius 3 is 2.53 bits per heavy atom. The Kier molecular flexibility index (Phi) is 3.77. The summed E-state index contributed by atoms with van der Waals surface area (Å²) in [5.74, 6) is -0.621. The predicted molar refractivity (Wildman–Crippen MR) is 58.7 cm³/mol. The van der Waals surface area contributed by atoms with Crippen molar-refractivity contribution in [3.05, 3.63) is 35.4 Å². The highest BCUT2D eigenvalue weighted by molar-refractivity contribution is 5.77. The smallest absolute Gasteiger partial charge is 0.398 e. The SMILES string of the molecule is NC(=O)CC=Cc1c(N)cccc1C(F)(F)F. The molecule has 0 fully saturated rings. The summed E-state index contributed by atoms with van der Waals surface area (Å²) in [6.07, 6.45) is -2.21. The number of nitrogens with two attached hydrogens (primary N) is 2. The third-order valence-corrected chi connectivity index (χ3v) is 2.05. The fourth-order valence-electron chi connectivity index (χ4n) is 1.31. The molecular formula is C11H11F3N2O. The third kappa shape index (κ3) is 3.51. The number of rotatable bonds is 3. The molecule has 0 radical (unpaired) electrons. The van der Waals surface area contributed by atoms with Gasteiger partial charge in [-0.1, -0.05) is 18.2 Å². The van der Waals surface area contributed by atoms with Gasteiger partial charge in [0.05, 0.1) is 5.56 Å². The summed E-state index contributed by atoms with van der Waals surface area (Å²) in [6.45, 7) is 0. The van der Waals surface area contributed by atoms with Crippen molar-refractivity contribution in [1.82, 2.24) is 0 Å². The second-order valence-electron chi connectivity index (χ2n) is 3.38. The lowest BCUT2D eigenvalue weighted by atomic mass is 10.0. The van der Waals surface area contributed by atoms with Crippen LogP contribution in [-0.4, -0.2) is 5.91 Å². The van der Waals surface area contributed by atoms with Crippen LogP contribution in [0.15, 0.2) is 24.3 Å². The molecule has 0 aliphatic carbocycles. The largest absolute Gasteiger partial charge is 0.417 e. The van der Waals surface area contributed by atoms with E-state index in [1.54, 1.807) is 0 Å². The van der Waals surface area contributed by atoms with E-state index in [2.05, 4.69) is 0 Å². The van der Waals surface area contributed by atoms with Crippen LogP contribution in [0.25, 0.3) is 6.08 Å². The van der Waals surface area contributed by atoms with Crippen LogP contribution in [0.3, 0.4) is 0 Å². The van der Waals surface area contributed by atoms with Gasteiger partial charge in [-0.2, -0.15) is 13.2 Å². The number of carbonyl (C=O) groups excluding carboxylic acids is 1. The van der Waals surface area contributed by atoms with Gasteiger partial charge in [-0.25, -0.2) is 0 Å². The van der Waals surface area contributed by atoms with E-state index >= 15 is 0 Å². The molecule has 1 aromatic carbocycles. The summed E-state index contributed by atoms with van der Waals surface area (Å²) in [7, 11) is 0. The van der Waals surface area contributed by atoms with Gasteiger partial charge in [-0.3, -0.25) is 4.79 Å². The summed E-state index contributed by atoms with van der Waals surface area (Å²) in [4.78, 5) is 10.5. The van der Waals surface area contributed by atoms with Gasteiger partial charge >= 0.3 is 6.18 Å². The Hall–Kier alpha value is -1.98. The highest BCUT2D eigenvalue weighted by Gasteiger charge is 2.33. The fraction of sp³-hybridized carbons (Fsp3) is 0.182. The summed E-state index contributed by atoms with van der Waals surface area (Å²) in [5.41, 5.74) is 9.36. The molecule has 0 aliphatic rings. The molecule has 0 saturated heterocycles. The Labute approximate surface area is 95.9 Å². The van der Waals surface area contributed by atoms with Crippen molar-refractivity contribution in [3.63, 3.8) is 0 Å². The Bertz CT molecular complexity index is 453. The van der Waals surface area contributed by atoms with Crippen molar-refractivity contribution >= 4 is 17.7 Å². The van der Waals surface area contributed by atoms with E-state index in [1.807, 2.05) is 0 Å². The van der Waals surface area contributed by atoms with Crippen LogP contribution in [0, 0.1) is 0 Å². The molecule has 0 aliphatic heterocycles. The number of primary amides is 1. The molecule has 0 bridgehead atoms. The Morgan fingerprint density at radius 2 is 2.00 bits per heavy atom. The Morgan fingerprint density at radius 1 is 1.35 bits per heavy atom.